The molecule has 3 aliphatic rings. The van der Waals surface area contributed by atoms with E-state index in [1.54, 1.807) is 6.92 Å². The van der Waals surface area contributed by atoms with Crippen LogP contribution in [0.15, 0.2) is 42.5 Å². The van der Waals surface area contributed by atoms with E-state index >= 15 is 0 Å². The molecule has 3 aliphatic carbocycles. The maximum atomic E-state index is 13.0. The van der Waals surface area contributed by atoms with Crippen LogP contribution in [0, 0.1) is 0 Å². The lowest BCUT2D eigenvalue weighted by Gasteiger charge is -2.73. The van der Waals surface area contributed by atoms with Crippen LogP contribution in [0.5, 0.6) is 0 Å². The molecule has 0 aromatic heterocycles. The second kappa shape index (κ2) is 8.73. The Morgan fingerprint density at radius 3 is 2.32 bits per heavy atom. The molecule has 0 spiro atoms. The van der Waals surface area contributed by atoms with E-state index in [1.165, 1.54) is 12.2 Å². The van der Waals surface area contributed by atoms with Crippen LogP contribution in [0.25, 0.3) is 0 Å². The van der Waals surface area contributed by atoms with Crippen molar-refractivity contribution in [1.82, 2.24) is 10.2 Å². The number of benzene rings is 1. The summed E-state index contributed by atoms with van der Waals surface area (Å²) >= 11 is 0. The van der Waals surface area contributed by atoms with Crippen LogP contribution in [0.2, 0.25) is 0 Å². The fraction of sp³-hybridized carbons (Fsp3) is 0.542. The summed E-state index contributed by atoms with van der Waals surface area (Å²) in [6.07, 6.45) is 4.82. The molecule has 3 fully saturated rings. The Bertz CT molecular complexity index is 837. The molecule has 7 heteroatoms. The quantitative estimate of drug-likeness (QED) is 0.507. The summed E-state index contributed by atoms with van der Waals surface area (Å²) in [6.45, 7) is 8.01. The molecule has 2 bridgehead atoms. The monoisotopic (exact) mass is 428 g/mol. The zero-order chi connectivity index (χ0) is 22.7. The molecular formula is C24H32N2O5. The highest BCUT2D eigenvalue weighted by molar-refractivity contribution is 5.95. The Morgan fingerprint density at radius 1 is 1.10 bits per heavy atom. The van der Waals surface area contributed by atoms with Crippen LogP contribution in [0.3, 0.4) is 0 Å². The zero-order valence-corrected chi connectivity index (χ0v) is 18.8. The van der Waals surface area contributed by atoms with Gasteiger partial charge in [-0.2, -0.15) is 0 Å². The van der Waals surface area contributed by atoms with Gasteiger partial charge in [-0.15, -0.1) is 0 Å². The SMILES string of the molecule is CCOC(=O)/C=C/C(=O)N(CCc1ccccc1)C12CC(NC(=O)OC(C)(C)C)(C1)C2. The normalized spacial score (nSPS) is 24.0. The van der Waals surface area contributed by atoms with Crippen molar-refractivity contribution in [3.8, 4) is 0 Å². The second-order valence-corrected chi connectivity index (χ2v) is 9.47. The number of carbonyl (C=O) groups excluding carboxylic acids is 3. The highest BCUT2D eigenvalue weighted by Crippen LogP contribution is 2.63. The highest BCUT2D eigenvalue weighted by atomic mass is 16.6. The third-order valence-corrected chi connectivity index (χ3v) is 5.72. The molecule has 168 valence electrons. The first-order valence-corrected chi connectivity index (χ1v) is 10.8. The Hall–Kier alpha value is -2.83. The van der Waals surface area contributed by atoms with Gasteiger partial charge < -0.3 is 19.7 Å². The minimum absolute atomic E-state index is 0.213. The van der Waals surface area contributed by atoms with Crippen molar-refractivity contribution < 1.29 is 23.9 Å². The fourth-order valence-electron chi connectivity index (χ4n) is 4.56. The van der Waals surface area contributed by atoms with E-state index in [-0.39, 0.29) is 23.6 Å². The maximum Gasteiger partial charge on any atom is 0.408 e. The molecule has 4 rings (SSSR count). The Labute approximate surface area is 183 Å². The standard InChI is InChI=1S/C24H32N2O5/c1-5-30-20(28)12-11-19(27)26(14-13-18-9-7-6-8-10-18)24-15-23(16-24,17-24)25-21(29)31-22(2,3)4/h6-12H,5,13-17H2,1-4H3,(H,25,29)/b12-11+. The smallest absolute Gasteiger partial charge is 0.408 e. The maximum absolute atomic E-state index is 13.0. The van der Waals surface area contributed by atoms with Crippen molar-refractivity contribution in [1.29, 1.82) is 0 Å². The Morgan fingerprint density at radius 2 is 1.74 bits per heavy atom. The minimum atomic E-state index is -0.555. The molecule has 7 nitrogen and oxygen atoms in total. The van der Waals surface area contributed by atoms with Gasteiger partial charge in [0, 0.05) is 24.2 Å². The van der Waals surface area contributed by atoms with Gasteiger partial charge in [-0.05, 0) is 58.9 Å². The summed E-state index contributed by atoms with van der Waals surface area (Å²) in [5.41, 5.74) is -0.0120. The lowest BCUT2D eigenvalue weighted by atomic mass is 9.43. The topological polar surface area (TPSA) is 84.9 Å². The van der Waals surface area contributed by atoms with Crippen LogP contribution >= 0.6 is 0 Å². The number of alkyl carbamates (subject to hydrolysis) is 1. The molecule has 1 aromatic carbocycles. The molecule has 31 heavy (non-hydrogen) atoms. The average Bonchev–Trinajstić information content (AvgIpc) is 2.62. The van der Waals surface area contributed by atoms with E-state index in [2.05, 4.69) is 5.32 Å². The van der Waals surface area contributed by atoms with Gasteiger partial charge in [0.15, 0.2) is 0 Å². The van der Waals surface area contributed by atoms with E-state index in [0.29, 0.717) is 32.2 Å². The van der Waals surface area contributed by atoms with Crippen molar-refractivity contribution >= 4 is 18.0 Å². The first-order valence-electron chi connectivity index (χ1n) is 10.8. The first-order chi connectivity index (χ1) is 14.6. The number of rotatable bonds is 8. The van der Waals surface area contributed by atoms with Crippen molar-refractivity contribution in [2.45, 2.75) is 70.1 Å². The molecule has 0 radical (unpaired) electrons. The van der Waals surface area contributed by atoms with Gasteiger partial charge in [0.2, 0.25) is 5.91 Å². The Kier molecular flexibility index (Phi) is 6.43. The van der Waals surface area contributed by atoms with E-state index in [0.717, 1.165) is 5.56 Å². The molecule has 3 saturated carbocycles. The zero-order valence-electron chi connectivity index (χ0n) is 18.8. The van der Waals surface area contributed by atoms with Crippen LogP contribution in [0.1, 0.15) is 52.5 Å². The van der Waals surface area contributed by atoms with E-state index < -0.39 is 17.7 Å². The van der Waals surface area contributed by atoms with Gasteiger partial charge in [0.25, 0.3) is 0 Å². The number of esters is 1. The van der Waals surface area contributed by atoms with Crippen molar-refractivity contribution in [3.05, 3.63) is 48.0 Å². The molecule has 2 amide bonds. The second-order valence-electron chi connectivity index (χ2n) is 9.47. The predicted octanol–water partition coefficient (Wildman–Crippen LogP) is 3.38. The Balaban J connectivity index is 1.65. The number of ether oxygens (including phenoxy) is 2. The number of nitrogens with zero attached hydrogens (tertiary/aromatic N) is 1. The van der Waals surface area contributed by atoms with Crippen molar-refractivity contribution in [2.75, 3.05) is 13.2 Å². The fourth-order valence-corrected chi connectivity index (χ4v) is 4.56. The van der Waals surface area contributed by atoms with Gasteiger partial charge in [-0.25, -0.2) is 9.59 Å². The van der Waals surface area contributed by atoms with Crippen LogP contribution in [-0.4, -0.2) is 52.7 Å². The van der Waals surface area contributed by atoms with Gasteiger partial charge in [-0.1, -0.05) is 30.3 Å². The number of carbonyl (C=O) groups is 3. The third kappa shape index (κ3) is 5.46. The molecule has 0 heterocycles. The number of hydrogen-bond donors (Lipinski definition) is 1. The third-order valence-electron chi connectivity index (χ3n) is 5.72. The summed E-state index contributed by atoms with van der Waals surface area (Å²) in [5.74, 6) is -0.742. The summed E-state index contributed by atoms with van der Waals surface area (Å²) < 4.78 is 10.3. The van der Waals surface area contributed by atoms with Crippen molar-refractivity contribution in [2.24, 2.45) is 0 Å². The van der Waals surface area contributed by atoms with E-state index in [9.17, 15) is 14.4 Å². The lowest BCUT2D eigenvalue weighted by Crippen LogP contribution is -2.84. The number of hydrogen-bond acceptors (Lipinski definition) is 5. The molecule has 0 aliphatic heterocycles. The van der Waals surface area contributed by atoms with Crippen molar-refractivity contribution in [3.63, 3.8) is 0 Å². The lowest BCUT2D eigenvalue weighted by molar-refractivity contribution is -0.184. The molecule has 0 atom stereocenters. The summed E-state index contributed by atoms with van der Waals surface area (Å²) in [7, 11) is 0. The largest absolute Gasteiger partial charge is 0.463 e. The van der Waals surface area contributed by atoms with Gasteiger partial charge in [0.1, 0.15) is 5.60 Å². The molecule has 0 saturated heterocycles. The van der Waals surface area contributed by atoms with Crippen LogP contribution < -0.4 is 5.32 Å². The predicted molar refractivity (Wildman–Crippen MR) is 116 cm³/mol. The number of amides is 2. The van der Waals surface area contributed by atoms with Gasteiger partial charge in [-0.3, -0.25) is 4.79 Å². The highest BCUT2D eigenvalue weighted by Gasteiger charge is 2.71. The van der Waals surface area contributed by atoms with Gasteiger partial charge >= 0.3 is 12.1 Å². The molecule has 0 unspecified atom stereocenters. The van der Waals surface area contributed by atoms with Crippen LogP contribution in [0.4, 0.5) is 4.79 Å². The first kappa shape index (κ1) is 22.8. The average molecular weight is 429 g/mol. The van der Waals surface area contributed by atoms with Crippen LogP contribution in [-0.2, 0) is 25.5 Å². The van der Waals surface area contributed by atoms with Gasteiger partial charge in [0.05, 0.1) is 12.1 Å². The molecule has 1 aromatic rings. The number of nitrogens with one attached hydrogen (secondary N) is 1. The summed E-state index contributed by atoms with van der Waals surface area (Å²) in [6, 6.07) is 9.98. The van der Waals surface area contributed by atoms with E-state index in [4.69, 9.17) is 9.47 Å². The summed E-state index contributed by atoms with van der Waals surface area (Å²) in [5, 5.41) is 2.98. The summed E-state index contributed by atoms with van der Waals surface area (Å²) in [4.78, 5) is 38.6. The molecule has 1 N–H and O–H groups in total. The van der Waals surface area contributed by atoms with E-state index in [1.807, 2.05) is 56.0 Å². The molecular weight excluding hydrogens is 396 g/mol. The minimum Gasteiger partial charge on any atom is -0.463 e.